The van der Waals surface area contributed by atoms with Crippen molar-refractivity contribution in [1.29, 1.82) is 0 Å². The molecule has 86 valence electrons. The molecule has 1 aliphatic rings. The van der Waals surface area contributed by atoms with E-state index in [9.17, 15) is 9.18 Å². The first-order valence-electron chi connectivity index (χ1n) is 5.26. The van der Waals surface area contributed by atoms with Gasteiger partial charge in [-0.2, -0.15) is 0 Å². The second-order valence-corrected chi connectivity index (χ2v) is 3.96. The maximum atomic E-state index is 12.6. The number of rotatable bonds is 2. The summed E-state index contributed by atoms with van der Waals surface area (Å²) in [5.74, 6) is 0. The lowest BCUT2D eigenvalue weighted by Gasteiger charge is -2.35. The highest BCUT2D eigenvalue weighted by Crippen LogP contribution is 2.14. The Bertz CT molecular complexity index is 365. The van der Waals surface area contributed by atoms with Crippen LogP contribution in [0.15, 0.2) is 24.5 Å². The first-order chi connectivity index (χ1) is 7.66. The molecule has 1 aliphatic heterocycles. The molecule has 0 radical (unpaired) electrons. The van der Waals surface area contributed by atoms with Crippen LogP contribution in [0.2, 0.25) is 0 Å². The lowest BCUT2D eigenvalue weighted by molar-refractivity contribution is 0.0884. The monoisotopic (exact) mass is 223 g/mol. The molecule has 1 aromatic rings. The van der Waals surface area contributed by atoms with E-state index in [0.29, 0.717) is 0 Å². The molecule has 0 aromatic carbocycles. The Hall–Kier alpha value is -1.65. The Morgan fingerprint density at radius 2 is 2.44 bits per heavy atom. The number of likely N-dealkylation sites (tertiary alicyclic amines) is 1. The summed E-state index contributed by atoms with van der Waals surface area (Å²) in [7, 11) is 0. The third-order valence-electron chi connectivity index (χ3n) is 2.65. The number of nitrogens with one attached hydrogen (secondary N) is 1. The largest absolute Gasteiger partial charge is 0.331 e. The topological polar surface area (TPSA) is 45.2 Å². The van der Waals surface area contributed by atoms with Crippen molar-refractivity contribution in [3.63, 3.8) is 0 Å². The number of urea groups is 1. The summed E-state index contributed by atoms with van der Waals surface area (Å²) >= 11 is 0. The summed E-state index contributed by atoms with van der Waals surface area (Å²) in [5.41, 5.74) is 0.938. The van der Waals surface area contributed by atoms with E-state index in [1.807, 2.05) is 19.1 Å². The van der Waals surface area contributed by atoms with Crippen molar-refractivity contribution in [3.05, 3.63) is 30.1 Å². The second kappa shape index (κ2) is 4.47. The first kappa shape index (κ1) is 10.9. The molecule has 1 atom stereocenters. The predicted molar refractivity (Wildman–Crippen MR) is 57.7 cm³/mol. The molecular weight excluding hydrogens is 209 g/mol. The van der Waals surface area contributed by atoms with Gasteiger partial charge in [0.15, 0.2) is 0 Å². The minimum absolute atomic E-state index is 0.111. The summed E-state index contributed by atoms with van der Waals surface area (Å²) in [6.45, 7) is 2.28. The molecule has 1 saturated heterocycles. The molecule has 16 heavy (non-hydrogen) atoms. The van der Waals surface area contributed by atoms with Gasteiger partial charge in [0.25, 0.3) is 0 Å². The average molecular weight is 223 g/mol. The van der Waals surface area contributed by atoms with Gasteiger partial charge in [-0.15, -0.1) is 0 Å². The number of carbonyl (C=O) groups excluding carboxylic acids is 1. The highest BCUT2D eigenvalue weighted by Gasteiger charge is 2.30. The van der Waals surface area contributed by atoms with Crippen molar-refractivity contribution in [2.24, 2.45) is 0 Å². The lowest BCUT2D eigenvalue weighted by Crippen LogP contribution is -2.55. The number of hydrogen-bond acceptors (Lipinski definition) is 2. The van der Waals surface area contributed by atoms with Gasteiger partial charge < -0.3 is 10.2 Å². The Kier molecular flexibility index (Phi) is 3.03. The fraction of sp³-hybridized carbons (Fsp3) is 0.455. The van der Waals surface area contributed by atoms with E-state index in [1.165, 1.54) is 4.90 Å². The Morgan fingerprint density at radius 1 is 1.69 bits per heavy atom. The van der Waals surface area contributed by atoms with Crippen molar-refractivity contribution in [1.82, 2.24) is 15.2 Å². The van der Waals surface area contributed by atoms with Crippen LogP contribution in [0.5, 0.6) is 0 Å². The van der Waals surface area contributed by atoms with Crippen LogP contribution in [0.3, 0.4) is 0 Å². The molecule has 0 spiro atoms. The molecule has 0 unspecified atom stereocenters. The number of hydrogen-bond donors (Lipinski definition) is 1. The Balaban J connectivity index is 1.88. The van der Waals surface area contributed by atoms with Gasteiger partial charge >= 0.3 is 6.03 Å². The van der Waals surface area contributed by atoms with Gasteiger partial charge in [0.2, 0.25) is 0 Å². The Morgan fingerprint density at radius 3 is 3.00 bits per heavy atom. The van der Waals surface area contributed by atoms with Gasteiger partial charge in [0.1, 0.15) is 6.17 Å². The van der Waals surface area contributed by atoms with Crippen molar-refractivity contribution in [2.45, 2.75) is 19.1 Å². The molecule has 4 nitrogen and oxygen atoms in total. The smallest absolute Gasteiger partial charge is 0.318 e. The number of aromatic nitrogens is 1. The van der Waals surface area contributed by atoms with E-state index < -0.39 is 6.17 Å². The molecule has 5 heteroatoms. The number of amides is 2. The molecule has 1 N–H and O–H groups in total. The standard InChI is InChI=1S/C11H14FN3O/c1-8(9-3-2-4-13-5-9)14-11(16)15-6-10(12)7-15/h2-5,8,10H,6-7H2,1H3,(H,14,16)/t8-/m0/s1. The van der Waals surface area contributed by atoms with Gasteiger partial charge in [0.05, 0.1) is 19.1 Å². The molecule has 0 bridgehead atoms. The summed E-state index contributed by atoms with van der Waals surface area (Å²) in [6.07, 6.45) is 2.53. The van der Waals surface area contributed by atoms with Gasteiger partial charge in [-0.1, -0.05) is 6.07 Å². The molecule has 2 rings (SSSR count). The summed E-state index contributed by atoms with van der Waals surface area (Å²) < 4.78 is 12.6. The molecule has 2 amide bonds. The van der Waals surface area contributed by atoms with Crippen LogP contribution in [0, 0.1) is 0 Å². The zero-order valence-corrected chi connectivity index (χ0v) is 9.06. The summed E-state index contributed by atoms with van der Waals surface area (Å²) in [5, 5.41) is 2.80. The number of pyridine rings is 1. The average Bonchev–Trinajstić information content (AvgIpc) is 2.26. The zero-order valence-electron chi connectivity index (χ0n) is 9.06. The van der Waals surface area contributed by atoms with Crippen LogP contribution in [0.25, 0.3) is 0 Å². The van der Waals surface area contributed by atoms with Crippen molar-refractivity contribution < 1.29 is 9.18 Å². The predicted octanol–water partition coefficient (Wildman–Crippen LogP) is 1.51. The number of halogens is 1. The van der Waals surface area contributed by atoms with Gasteiger partial charge in [0, 0.05) is 12.4 Å². The molecule has 1 fully saturated rings. The zero-order chi connectivity index (χ0) is 11.5. The highest BCUT2D eigenvalue weighted by molar-refractivity contribution is 5.75. The van der Waals surface area contributed by atoms with Crippen molar-refractivity contribution in [2.75, 3.05) is 13.1 Å². The lowest BCUT2D eigenvalue weighted by atomic mass is 10.1. The SMILES string of the molecule is C[C@H](NC(=O)N1CC(F)C1)c1cccnc1. The maximum absolute atomic E-state index is 12.6. The third-order valence-corrected chi connectivity index (χ3v) is 2.65. The number of carbonyl (C=O) groups is 1. The highest BCUT2D eigenvalue weighted by atomic mass is 19.1. The molecular formula is C11H14FN3O. The third kappa shape index (κ3) is 2.29. The minimum Gasteiger partial charge on any atom is -0.331 e. The van der Waals surface area contributed by atoms with Crippen LogP contribution in [-0.2, 0) is 0 Å². The molecule has 1 aromatic heterocycles. The fourth-order valence-electron chi connectivity index (χ4n) is 1.58. The Labute approximate surface area is 93.5 Å². The van der Waals surface area contributed by atoms with Crippen molar-refractivity contribution in [3.8, 4) is 0 Å². The quantitative estimate of drug-likeness (QED) is 0.826. The van der Waals surface area contributed by atoms with E-state index >= 15 is 0 Å². The first-order valence-corrected chi connectivity index (χ1v) is 5.26. The van der Waals surface area contributed by atoms with Crippen LogP contribution in [-0.4, -0.2) is 35.2 Å². The van der Waals surface area contributed by atoms with Gasteiger partial charge in [-0.25, -0.2) is 9.18 Å². The van der Waals surface area contributed by atoms with E-state index in [1.54, 1.807) is 12.4 Å². The minimum atomic E-state index is -0.862. The van der Waals surface area contributed by atoms with E-state index in [4.69, 9.17) is 0 Å². The van der Waals surface area contributed by atoms with Crippen molar-refractivity contribution >= 4 is 6.03 Å². The van der Waals surface area contributed by atoms with E-state index in [-0.39, 0.29) is 25.2 Å². The van der Waals surface area contributed by atoms with Gasteiger partial charge in [-0.3, -0.25) is 4.98 Å². The summed E-state index contributed by atoms with van der Waals surface area (Å²) in [4.78, 5) is 17.0. The van der Waals surface area contributed by atoms with Crippen LogP contribution >= 0.6 is 0 Å². The molecule has 0 saturated carbocycles. The molecule has 0 aliphatic carbocycles. The van der Waals surface area contributed by atoms with Gasteiger partial charge in [-0.05, 0) is 18.6 Å². The summed E-state index contributed by atoms with van der Waals surface area (Å²) in [6, 6.07) is 3.38. The van der Waals surface area contributed by atoms with Crippen LogP contribution in [0.1, 0.15) is 18.5 Å². The fourth-order valence-corrected chi connectivity index (χ4v) is 1.58. The second-order valence-electron chi connectivity index (χ2n) is 3.96. The molecule has 2 heterocycles. The number of alkyl halides is 1. The number of nitrogens with zero attached hydrogens (tertiary/aromatic N) is 2. The maximum Gasteiger partial charge on any atom is 0.318 e. The van der Waals surface area contributed by atoms with Crippen LogP contribution in [0.4, 0.5) is 9.18 Å². The normalized spacial score (nSPS) is 17.8. The van der Waals surface area contributed by atoms with E-state index in [2.05, 4.69) is 10.3 Å². The van der Waals surface area contributed by atoms with E-state index in [0.717, 1.165) is 5.56 Å². The van der Waals surface area contributed by atoms with Crippen LogP contribution < -0.4 is 5.32 Å².